The topological polar surface area (TPSA) is 61.6 Å². The number of nitrogens with two attached hydrogens (primary N) is 1. The van der Waals surface area contributed by atoms with Crippen LogP contribution in [0.1, 0.15) is 34.1 Å². The summed E-state index contributed by atoms with van der Waals surface area (Å²) < 4.78 is 0. The third-order valence-corrected chi connectivity index (χ3v) is 4.50. The van der Waals surface area contributed by atoms with Crippen LogP contribution < -0.4 is 11.1 Å². The zero-order chi connectivity index (χ0) is 14.6. The average molecular weight is 270 g/mol. The van der Waals surface area contributed by atoms with Gasteiger partial charge >= 0.3 is 0 Å². The maximum absolute atomic E-state index is 11.5. The van der Waals surface area contributed by atoms with E-state index in [4.69, 9.17) is 5.73 Å². The molecule has 1 amide bonds. The Kier molecular flexibility index (Phi) is 5.77. The van der Waals surface area contributed by atoms with E-state index in [2.05, 4.69) is 35.9 Å². The van der Waals surface area contributed by atoms with Crippen molar-refractivity contribution in [1.82, 2.24) is 15.1 Å². The Labute approximate surface area is 117 Å². The van der Waals surface area contributed by atoms with Crippen LogP contribution in [0.15, 0.2) is 0 Å². The van der Waals surface area contributed by atoms with Crippen LogP contribution in [-0.4, -0.2) is 66.6 Å². The van der Waals surface area contributed by atoms with Gasteiger partial charge in [0.25, 0.3) is 0 Å². The van der Waals surface area contributed by atoms with Gasteiger partial charge in [-0.3, -0.25) is 14.6 Å². The van der Waals surface area contributed by atoms with Crippen molar-refractivity contribution < 1.29 is 4.79 Å². The number of hydrogen-bond acceptors (Lipinski definition) is 4. The normalized spacial score (nSPS) is 23.3. The summed E-state index contributed by atoms with van der Waals surface area (Å²) in [5.74, 6) is -0.275. The van der Waals surface area contributed by atoms with Gasteiger partial charge in [0.15, 0.2) is 0 Å². The Morgan fingerprint density at radius 1 is 1.21 bits per heavy atom. The Morgan fingerprint density at radius 3 is 2.05 bits per heavy atom. The van der Waals surface area contributed by atoms with Gasteiger partial charge in [-0.2, -0.15) is 0 Å². The zero-order valence-electron chi connectivity index (χ0n) is 13.1. The van der Waals surface area contributed by atoms with Crippen molar-refractivity contribution in [2.75, 3.05) is 33.2 Å². The molecule has 0 spiro atoms. The molecule has 0 aromatic heterocycles. The molecule has 5 heteroatoms. The maximum atomic E-state index is 11.5. The molecule has 0 aliphatic carbocycles. The molecule has 1 aliphatic heterocycles. The van der Waals surface area contributed by atoms with Crippen molar-refractivity contribution in [3.63, 3.8) is 0 Å². The fraction of sp³-hybridized carbons (Fsp3) is 0.929. The molecule has 1 heterocycles. The lowest BCUT2D eigenvalue weighted by Gasteiger charge is -2.41. The molecule has 1 saturated heterocycles. The fourth-order valence-electron chi connectivity index (χ4n) is 2.74. The molecule has 112 valence electrons. The lowest BCUT2D eigenvalue weighted by atomic mass is 9.92. The Balaban J connectivity index is 2.51. The van der Waals surface area contributed by atoms with Crippen LogP contribution >= 0.6 is 0 Å². The summed E-state index contributed by atoms with van der Waals surface area (Å²) >= 11 is 0. The average Bonchev–Trinajstić information content (AvgIpc) is 2.38. The maximum Gasteiger partial charge on any atom is 0.237 e. The van der Waals surface area contributed by atoms with Crippen molar-refractivity contribution in [2.24, 2.45) is 5.73 Å². The SMILES string of the molecule is CNC(C)(CC(C)N1CCN(C(C)C)CC1)C(N)=O. The first-order chi connectivity index (χ1) is 8.80. The van der Waals surface area contributed by atoms with Gasteiger partial charge in [0.05, 0.1) is 5.54 Å². The fourth-order valence-corrected chi connectivity index (χ4v) is 2.74. The first-order valence-electron chi connectivity index (χ1n) is 7.27. The molecule has 2 atom stereocenters. The molecular weight excluding hydrogens is 240 g/mol. The highest BCUT2D eigenvalue weighted by Gasteiger charge is 2.33. The molecule has 0 aromatic carbocycles. The van der Waals surface area contributed by atoms with Crippen LogP contribution in [0.4, 0.5) is 0 Å². The summed E-state index contributed by atoms with van der Waals surface area (Å²) in [6.45, 7) is 12.9. The van der Waals surface area contributed by atoms with Crippen LogP contribution in [0.25, 0.3) is 0 Å². The minimum Gasteiger partial charge on any atom is -0.368 e. The number of nitrogens with one attached hydrogen (secondary N) is 1. The summed E-state index contributed by atoms with van der Waals surface area (Å²) in [6, 6.07) is 0.977. The van der Waals surface area contributed by atoms with Gasteiger partial charge in [0, 0.05) is 38.3 Å². The minimum absolute atomic E-state index is 0.275. The number of carbonyl (C=O) groups is 1. The molecule has 1 fully saturated rings. The van der Waals surface area contributed by atoms with E-state index in [0.717, 1.165) is 32.6 Å². The summed E-state index contributed by atoms with van der Waals surface area (Å²) in [6.07, 6.45) is 0.751. The summed E-state index contributed by atoms with van der Waals surface area (Å²) in [5.41, 5.74) is 4.88. The van der Waals surface area contributed by atoms with Crippen molar-refractivity contribution in [2.45, 2.75) is 51.7 Å². The number of amides is 1. The largest absolute Gasteiger partial charge is 0.368 e. The predicted molar refractivity (Wildman–Crippen MR) is 79.0 cm³/mol. The van der Waals surface area contributed by atoms with Crippen molar-refractivity contribution in [3.8, 4) is 0 Å². The molecule has 1 aliphatic rings. The first-order valence-corrected chi connectivity index (χ1v) is 7.27. The smallest absolute Gasteiger partial charge is 0.237 e. The van der Waals surface area contributed by atoms with Crippen LogP contribution in [0.2, 0.25) is 0 Å². The second kappa shape index (κ2) is 6.68. The van der Waals surface area contributed by atoms with E-state index in [1.54, 1.807) is 7.05 Å². The van der Waals surface area contributed by atoms with Gasteiger partial charge in [0.2, 0.25) is 5.91 Å². The third-order valence-electron chi connectivity index (χ3n) is 4.50. The molecule has 0 bridgehead atoms. The zero-order valence-corrected chi connectivity index (χ0v) is 13.1. The first kappa shape index (κ1) is 16.4. The molecule has 2 unspecified atom stereocenters. The molecule has 1 rings (SSSR count). The van der Waals surface area contributed by atoms with Gasteiger partial charge in [-0.05, 0) is 41.2 Å². The van der Waals surface area contributed by atoms with Crippen LogP contribution in [0, 0.1) is 0 Å². The summed E-state index contributed by atoms with van der Waals surface area (Å²) in [4.78, 5) is 16.5. The van der Waals surface area contributed by atoms with E-state index in [0.29, 0.717) is 12.1 Å². The predicted octanol–water partition coefficient (Wildman–Crippen LogP) is 0.254. The summed E-state index contributed by atoms with van der Waals surface area (Å²) in [5, 5.41) is 3.06. The Morgan fingerprint density at radius 2 is 1.68 bits per heavy atom. The highest BCUT2D eigenvalue weighted by molar-refractivity contribution is 5.84. The van der Waals surface area contributed by atoms with Gasteiger partial charge in [-0.25, -0.2) is 0 Å². The molecule has 0 radical (unpaired) electrons. The third kappa shape index (κ3) is 4.16. The van der Waals surface area contributed by atoms with E-state index in [1.165, 1.54) is 0 Å². The van der Waals surface area contributed by atoms with Gasteiger partial charge < -0.3 is 11.1 Å². The Hall–Kier alpha value is -0.650. The molecule has 3 N–H and O–H groups in total. The second-order valence-electron chi connectivity index (χ2n) is 6.17. The van der Waals surface area contributed by atoms with Crippen molar-refractivity contribution in [3.05, 3.63) is 0 Å². The van der Waals surface area contributed by atoms with Crippen LogP contribution in [0.3, 0.4) is 0 Å². The molecular formula is C14H30N4O. The summed E-state index contributed by atoms with van der Waals surface area (Å²) in [7, 11) is 1.80. The molecule has 5 nitrogen and oxygen atoms in total. The number of carbonyl (C=O) groups excluding carboxylic acids is 1. The van der Waals surface area contributed by atoms with Crippen molar-refractivity contribution >= 4 is 5.91 Å². The molecule has 19 heavy (non-hydrogen) atoms. The van der Waals surface area contributed by atoms with Gasteiger partial charge in [-0.1, -0.05) is 0 Å². The van der Waals surface area contributed by atoms with Crippen molar-refractivity contribution in [1.29, 1.82) is 0 Å². The molecule has 0 aromatic rings. The lowest BCUT2D eigenvalue weighted by molar-refractivity contribution is -0.124. The van der Waals surface area contributed by atoms with E-state index in [9.17, 15) is 4.79 Å². The number of likely N-dealkylation sites (N-methyl/N-ethyl adjacent to an activating group) is 1. The number of primary amides is 1. The van der Waals surface area contributed by atoms with E-state index in [1.807, 2.05) is 6.92 Å². The van der Waals surface area contributed by atoms with Crippen LogP contribution in [-0.2, 0) is 4.79 Å². The number of rotatable bonds is 6. The quantitative estimate of drug-likeness (QED) is 0.726. The number of nitrogens with zero attached hydrogens (tertiary/aromatic N) is 2. The lowest BCUT2D eigenvalue weighted by Crippen LogP contribution is -2.57. The van der Waals surface area contributed by atoms with E-state index in [-0.39, 0.29) is 5.91 Å². The minimum atomic E-state index is -0.616. The van der Waals surface area contributed by atoms with Crippen LogP contribution in [0.5, 0.6) is 0 Å². The van der Waals surface area contributed by atoms with E-state index >= 15 is 0 Å². The van der Waals surface area contributed by atoms with E-state index < -0.39 is 5.54 Å². The number of hydrogen-bond donors (Lipinski definition) is 2. The van der Waals surface area contributed by atoms with Gasteiger partial charge in [-0.15, -0.1) is 0 Å². The highest BCUT2D eigenvalue weighted by atomic mass is 16.1. The monoisotopic (exact) mass is 270 g/mol. The standard InChI is InChI=1S/C14H30N4O/c1-11(2)17-6-8-18(9-7-17)12(3)10-14(4,16-5)13(15)19/h11-12,16H,6-10H2,1-5H3,(H2,15,19). The Bertz CT molecular complexity index is 300. The highest BCUT2D eigenvalue weighted by Crippen LogP contribution is 2.18. The molecule has 0 saturated carbocycles. The van der Waals surface area contributed by atoms with Gasteiger partial charge in [0.1, 0.15) is 0 Å². The second-order valence-corrected chi connectivity index (χ2v) is 6.17. The number of piperazine rings is 1.